The maximum Gasteiger partial charge on any atom is 0.356 e. The van der Waals surface area contributed by atoms with Gasteiger partial charge in [0.2, 0.25) is 5.91 Å². The monoisotopic (exact) mass is 454 g/mol. The van der Waals surface area contributed by atoms with Crippen LogP contribution in [0.4, 0.5) is 11.4 Å². The van der Waals surface area contributed by atoms with Crippen molar-refractivity contribution in [3.05, 3.63) is 47.8 Å². The van der Waals surface area contributed by atoms with Crippen LogP contribution < -0.4 is 15.4 Å². The molecule has 176 valence electrons. The number of aromatic nitrogens is 2. The van der Waals surface area contributed by atoms with Crippen LogP contribution in [0.2, 0.25) is 0 Å². The minimum Gasteiger partial charge on any atom is -0.497 e. The van der Waals surface area contributed by atoms with Gasteiger partial charge in [0.25, 0.3) is 0 Å². The van der Waals surface area contributed by atoms with E-state index in [9.17, 15) is 14.7 Å². The maximum atomic E-state index is 12.8. The van der Waals surface area contributed by atoms with Crippen LogP contribution in [0, 0.1) is 0 Å². The summed E-state index contributed by atoms with van der Waals surface area (Å²) < 4.78 is 12.0. The molecule has 0 saturated heterocycles. The molecule has 2 heterocycles. The van der Waals surface area contributed by atoms with Gasteiger partial charge in [0.05, 0.1) is 31.8 Å². The van der Waals surface area contributed by atoms with E-state index in [0.29, 0.717) is 36.1 Å². The van der Waals surface area contributed by atoms with Crippen molar-refractivity contribution < 1.29 is 24.2 Å². The van der Waals surface area contributed by atoms with Crippen LogP contribution in [-0.2, 0) is 22.5 Å². The Bertz CT molecular complexity index is 1120. The fourth-order valence-corrected chi connectivity index (χ4v) is 3.72. The lowest BCUT2D eigenvalue weighted by atomic mass is 10.1. The zero-order chi connectivity index (χ0) is 24.0. The molecule has 1 atom stereocenters. The Hall–Kier alpha value is -3.59. The van der Waals surface area contributed by atoms with E-state index in [1.165, 1.54) is 14.0 Å². The summed E-state index contributed by atoms with van der Waals surface area (Å²) in [5.41, 5.74) is 2.95. The van der Waals surface area contributed by atoms with Gasteiger partial charge in [0, 0.05) is 31.5 Å². The Morgan fingerprint density at radius 2 is 1.94 bits per heavy atom. The number of pyridine rings is 1. The fraction of sp³-hybridized carbons (Fsp3) is 0.375. The number of aliphatic hydroxyl groups is 1. The molecule has 1 aromatic carbocycles. The summed E-state index contributed by atoms with van der Waals surface area (Å²) in [4.78, 5) is 29.3. The number of hydrogen-bond acceptors (Lipinski definition) is 7. The van der Waals surface area contributed by atoms with Gasteiger partial charge in [-0.3, -0.25) is 4.79 Å². The predicted molar refractivity (Wildman–Crippen MR) is 127 cm³/mol. The number of fused-ring (bicyclic) bond motifs is 1. The highest BCUT2D eigenvalue weighted by atomic mass is 16.5. The molecule has 1 amide bonds. The molecule has 0 saturated carbocycles. The average molecular weight is 455 g/mol. The molecule has 0 fully saturated rings. The number of amides is 1. The Labute approximate surface area is 192 Å². The minimum atomic E-state index is -0.561. The Morgan fingerprint density at radius 3 is 2.55 bits per heavy atom. The molecule has 0 aliphatic heterocycles. The molecule has 3 rings (SSSR count). The van der Waals surface area contributed by atoms with Crippen LogP contribution >= 0.6 is 0 Å². The molecule has 9 heteroatoms. The molecule has 2 aromatic heterocycles. The van der Waals surface area contributed by atoms with Crippen molar-refractivity contribution in [3.63, 3.8) is 0 Å². The van der Waals surface area contributed by atoms with E-state index in [1.54, 1.807) is 17.9 Å². The number of rotatable bonds is 10. The van der Waals surface area contributed by atoms with Crippen LogP contribution in [0.3, 0.4) is 0 Å². The summed E-state index contributed by atoms with van der Waals surface area (Å²) in [7, 11) is 2.93. The maximum absolute atomic E-state index is 12.8. The van der Waals surface area contributed by atoms with Gasteiger partial charge in [-0.15, -0.1) is 0 Å². The number of methoxy groups -OCH3 is 2. The van der Waals surface area contributed by atoms with Crippen molar-refractivity contribution >= 4 is 34.3 Å². The number of carbonyl (C=O) groups excluding carboxylic acids is 2. The number of aryl methyl sites for hydroxylation is 2. The SMILES string of the molecule is COC(=O)c1c(NC(C)=O)c2cc(N[C@@H](C)CCO)cnc2n1CCc1ccc(OC)cc1. The molecule has 0 aliphatic rings. The van der Waals surface area contributed by atoms with Gasteiger partial charge in [-0.25, -0.2) is 9.78 Å². The molecular formula is C24H30N4O5. The number of esters is 1. The number of nitrogens with one attached hydrogen (secondary N) is 2. The third-order valence-electron chi connectivity index (χ3n) is 5.34. The molecular weight excluding hydrogens is 424 g/mol. The standard InChI is InChI=1S/C24H30N4O5/c1-15(10-12-29)26-18-13-20-21(27-16(2)30)22(24(31)33-4)28(23(20)25-14-18)11-9-17-5-7-19(32-3)8-6-17/h5-8,13-15,26,29H,9-12H2,1-4H3,(H,27,30)/t15-/m0/s1. The number of ether oxygens (including phenoxy) is 2. The first-order valence-electron chi connectivity index (χ1n) is 10.8. The second-order valence-electron chi connectivity index (χ2n) is 7.80. The van der Waals surface area contributed by atoms with Crippen LogP contribution in [0.1, 0.15) is 36.3 Å². The van der Waals surface area contributed by atoms with Crippen molar-refractivity contribution in [2.24, 2.45) is 0 Å². The van der Waals surface area contributed by atoms with Gasteiger partial charge in [-0.05, 0) is 43.5 Å². The highest BCUT2D eigenvalue weighted by molar-refractivity contribution is 6.10. The Balaban J connectivity index is 2.06. The second kappa shape index (κ2) is 10.8. The number of nitrogens with zero attached hydrogens (tertiary/aromatic N) is 2. The van der Waals surface area contributed by atoms with Crippen molar-refractivity contribution in [3.8, 4) is 5.75 Å². The van der Waals surface area contributed by atoms with Crippen LogP contribution in [0.25, 0.3) is 11.0 Å². The quantitative estimate of drug-likeness (QED) is 0.403. The van der Waals surface area contributed by atoms with E-state index < -0.39 is 5.97 Å². The molecule has 3 aromatic rings. The van der Waals surface area contributed by atoms with Crippen molar-refractivity contribution in [2.45, 2.75) is 39.3 Å². The summed E-state index contributed by atoms with van der Waals surface area (Å²) in [6.07, 6.45) is 2.89. The number of hydrogen-bond donors (Lipinski definition) is 3. The highest BCUT2D eigenvalue weighted by Crippen LogP contribution is 2.33. The van der Waals surface area contributed by atoms with E-state index >= 15 is 0 Å². The van der Waals surface area contributed by atoms with Crippen molar-refractivity contribution in [1.29, 1.82) is 0 Å². The third-order valence-corrected chi connectivity index (χ3v) is 5.34. The highest BCUT2D eigenvalue weighted by Gasteiger charge is 2.25. The predicted octanol–water partition coefficient (Wildman–Crippen LogP) is 3.22. The van der Waals surface area contributed by atoms with E-state index in [2.05, 4.69) is 15.6 Å². The Morgan fingerprint density at radius 1 is 1.21 bits per heavy atom. The van der Waals surface area contributed by atoms with Crippen molar-refractivity contribution in [1.82, 2.24) is 9.55 Å². The van der Waals surface area contributed by atoms with Gasteiger partial charge < -0.3 is 29.8 Å². The lowest BCUT2D eigenvalue weighted by Gasteiger charge is -2.14. The van der Waals surface area contributed by atoms with Crippen LogP contribution in [0.15, 0.2) is 36.5 Å². The molecule has 0 radical (unpaired) electrons. The number of benzene rings is 1. The molecule has 0 aliphatic carbocycles. The lowest BCUT2D eigenvalue weighted by Crippen LogP contribution is -2.16. The third kappa shape index (κ3) is 5.61. The first kappa shape index (κ1) is 24.1. The smallest absolute Gasteiger partial charge is 0.356 e. The molecule has 0 bridgehead atoms. The summed E-state index contributed by atoms with van der Waals surface area (Å²) in [5.74, 6) is -0.0958. The minimum absolute atomic E-state index is 0.0238. The summed E-state index contributed by atoms with van der Waals surface area (Å²) in [6.45, 7) is 3.86. The Kier molecular flexibility index (Phi) is 7.89. The van der Waals surface area contributed by atoms with Gasteiger partial charge in [-0.2, -0.15) is 0 Å². The molecule has 0 spiro atoms. The van der Waals surface area contributed by atoms with E-state index in [-0.39, 0.29) is 24.2 Å². The summed E-state index contributed by atoms with van der Waals surface area (Å²) >= 11 is 0. The zero-order valence-electron chi connectivity index (χ0n) is 19.3. The number of aliphatic hydroxyl groups excluding tert-OH is 1. The number of anilines is 2. The number of carbonyl (C=O) groups is 2. The first-order chi connectivity index (χ1) is 15.9. The van der Waals surface area contributed by atoms with E-state index in [1.807, 2.05) is 37.3 Å². The topological polar surface area (TPSA) is 115 Å². The molecule has 3 N–H and O–H groups in total. The second-order valence-corrected chi connectivity index (χ2v) is 7.80. The molecule has 9 nitrogen and oxygen atoms in total. The fourth-order valence-electron chi connectivity index (χ4n) is 3.72. The normalized spacial score (nSPS) is 11.8. The molecule has 33 heavy (non-hydrogen) atoms. The molecule has 0 unspecified atom stereocenters. The van der Waals surface area contributed by atoms with Gasteiger partial charge in [-0.1, -0.05) is 12.1 Å². The lowest BCUT2D eigenvalue weighted by molar-refractivity contribution is -0.114. The van der Waals surface area contributed by atoms with Crippen molar-refractivity contribution in [2.75, 3.05) is 31.5 Å². The average Bonchev–Trinajstić information content (AvgIpc) is 3.09. The van der Waals surface area contributed by atoms with Gasteiger partial charge in [0.15, 0.2) is 5.69 Å². The van der Waals surface area contributed by atoms with Gasteiger partial charge in [0.1, 0.15) is 11.4 Å². The van der Waals surface area contributed by atoms with E-state index in [4.69, 9.17) is 9.47 Å². The van der Waals surface area contributed by atoms with Gasteiger partial charge >= 0.3 is 5.97 Å². The summed E-state index contributed by atoms with van der Waals surface area (Å²) in [5, 5.41) is 15.9. The largest absolute Gasteiger partial charge is 0.497 e. The van der Waals surface area contributed by atoms with E-state index in [0.717, 1.165) is 17.0 Å². The first-order valence-corrected chi connectivity index (χ1v) is 10.8. The zero-order valence-corrected chi connectivity index (χ0v) is 19.3. The van der Waals surface area contributed by atoms with Crippen LogP contribution in [0.5, 0.6) is 5.75 Å². The summed E-state index contributed by atoms with van der Waals surface area (Å²) in [6, 6.07) is 9.57. The van der Waals surface area contributed by atoms with Crippen LogP contribution in [-0.4, -0.2) is 53.4 Å².